The van der Waals surface area contributed by atoms with Gasteiger partial charge in [-0.1, -0.05) is 27.7 Å². The number of aryl methyl sites for hydroxylation is 2. The SMILES string of the molecule is Cc1nc(SCCCBr)oc1C. The Hall–Kier alpha value is 0.0400. The number of oxazole rings is 1. The van der Waals surface area contributed by atoms with Crippen molar-refractivity contribution in [3.63, 3.8) is 0 Å². The predicted octanol–water partition coefficient (Wildman–Crippen LogP) is 3.17. The minimum atomic E-state index is 0.797. The van der Waals surface area contributed by atoms with E-state index in [0.717, 1.165) is 34.2 Å². The number of alkyl halides is 1. The molecule has 0 radical (unpaired) electrons. The van der Waals surface area contributed by atoms with Crippen molar-refractivity contribution in [2.45, 2.75) is 25.5 Å². The first kappa shape index (κ1) is 10.1. The highest BCUT2D eigenvalue weighted by atomic mass is 79.9. The lowest BCUT2D eigenvalue weighted by Crippen LogP contribution is -1.80. The van der Waals surface area contributed by atoms with Crippen LogP contribution in [-0.4, -0.2) is 16.1 Å². The maximum absolute atomic E-state index is 5.40. The molecule has 0 aliphatic rings. The summed E-state index contributed by atoms with van der Waals surface area (Å²) in [7, 11) is 0. The van der Waals surface area contributed by atoms with Gasteiger partial charge in [-0.25, -0.2) is 4.98 Å². The highest BCUT2D eigenvalue weighted by Gasteiger charge is 2.04. The fourth-order valence-electron chi connectivity index (χ4n) is 0.719. The molecule has 0 saturated carbocycles. The first-order valence-electron chi connectivity index (χ1n) is 3.87. The van der Waals surface area contributed by atoms with E-state index in [-0.39, 0.29) is 0 Å². The smallest absolute Gasteiger partial charge is 0.256 e. The Bertz CT molecular complexity index is 230. The second-order valence-corrected chi connectivity index (χ2v) is 4.35. The highest BCUT2D eigenvalue weighted by Crippen LogP contribution is 2.20. The zero-order chi connectivity index (χ0) is 8.97. The Balaban J connectivity index is 2.42. The molecule has 0 N–H and O–H groups in total. The Morgan fingerprint density at radius 1 is 1.50 bits per heavy atom. The molecule has 0 unspecified atom stereocenters. The molecule has 2 nitrogen and oxygen atoms in total. The van der Waals surface area contributed by atoms with Gasteiger partial charge in [0.05, 0.1) is 5.69 Å². The molecule has 68 valence electrons. The van der Waals surface area contributed by atoms with Crippen molar-refractivity contribution < 1.29 is 4.42 Å². The van der Waals surface area contributed by atoms with E-state index in [2.05, 4.69) is 20.9 Å². The van der Waals surface area contributed by atoms with Crippen LogP contribution in [-0.2, 0) is 0 Å². The van der Waals surface area contributed by atoms with E-state index >= 15 is 0 Å². The summed E-state index contributed by atoms with van der Waals surface area (Å²) in [6.45, 7) is 3.91. The van der Waals surface area contributed by atoms with Crippen molar-refractivity contribution >= 4 is 27.7 Å². The van der Waals surface area contributed by atoms with Gasteiger partial charge in [-0.15, -0.1) is 0 Å². The highest BCUT2D eigenvalue weighted by molar-refractivity contribution is 9.09. The molecule has 0 aliphatic carbocycles. The molecule has 0 atom stereocenters. The second-order valence-electron chi connectivity index (χ2n) is 2.51. The largest absolute Gasteiger partial charge is 0.437 e. The summed E-state index contributed by atoms with van der Waals surface area (Å²) in [6, 6.07) is 0. The molecule has 0 amide bonds. The molecule has 12 heavy (non-hydrogen) atoms. The number of thioether (sulfide) groups is 1. The lowest BCUT2D eigenvalue weighted by atomic mass is 10.4. The molecule has 0 aromatic carbocycles. The van der Waals surface area contributed by atoms with Crippen LogP contribution in [0.25, 0.3) is 0 Å². The Labute approximate surface area is 85.3 Å². The van der Waals surface area contributed by atoms with E-state index in [1.165, 1.54) is 0 Å². The van der Waals surface area contributed by atoms with Gasteiger partial charge < -0.3 is 4.42 Å². The zero-order valence-corrected chi connectivity index (χ0v) is 9.67. The summed E-state index contributed by atoms with van der Waals surface area (Å²) in [5.41, 5.74) is 0.997. The third kappa shape index (κ3) is 2.83. The molecule has 0 saturated heterocycles. The molecule has 1 rings (SSSR count). The van der Waals surface area contributed by atoms with E-state index < -0.39 is 0 Å². The van der Waals surface area contributed by atoms with Crippen LogP contribution in [0.5, 0.6) is 0 Å². The standard InChI is InChI=1S/C8H12BrNOS/c1-6-7(2)11-8(10-6)12-5-3-4-9/h3-5H2,1-2H3. The van der Waals surface area contributed by atoms with Gasteiger partial charge in [0.15, 0.2) is 0 Å². The maximum Gasteiger partial charge on any atom is 0.256 e. The lowest BCUT2D eigenvalue weighted by molar-refractivity contribution is 0.431. The summed E-state index contributed by atoms with van der Waals surface area (Å²) in [5.74, 6) is 1.99. The van der Waals surface area contributed by atoms with Crippen LogP contribution >= 0.6 is 27.7 Å². The van der Waals surface area contributed by atoms with Gasteiger partial charge in [-0.3, -0.25) is 0 Å². The van der Waals surface area contributed by atoms with Crippen LogP contribution < -0.4 is 0 Å². The third-order valence-corrected chi connectivity index (χ3v) is 2.99. The van der Waals surface area contributed by atoms with Gasteiger partial charge in [-0.2, -0.15) is 0 Å². The number of hydrogen-bond acceptors (Lipinski definition) is 3. The van der Waals surface area contributed by atoms with Gasteiger partial charge in [0, 0.05) is 11.1 Å². The van der Waals surface area contributed by atoms with Crippen LogP contribution in [0.4, 0.5) is 0 Å². The number of rotatable bonds is 4. The van der Waals surface area contributed by atoms with Gasteiger partial charge >= 0.3 is 0 Å². The van der Waals surface area contributed by atoms with Crippen molar-refractivity contribution in [3.05, 3.63) is 11.5 Å². The summed E-state index contributed by atoms with van der Waals surface area (Å²) in [5, 5.41) is 1.84. The van der Waals surface area contributed by atoms with Gasteiger partial charge in [0.25, 0.3) is 5.22 Å². The molecule has 0 aliphatic heterocycles. The van der Waals surface area contributed by atoms with Crippen molar-refractivity contribution in [3.8, 4) is 0 Å². The fourth-order valence-corrected chi connectivity index (χ4v) is 2.22. The molecule has 1 aromatic rings. The van der Waals surface area contributed by atoms with E-state index in [1.807, 2.05) is 13.8 Å². The summed E-state index contributed by atoms with van der Waals surface area (Å²) < 4.78 is 5.40. The lowest BCUT2D eigenvalue weighted by Gasteiger charge is -1.91. The summed E-state index contributed by atoms with van der Waals surface area (Å²) in [4.78, 5) is 4.26. The number of hydrogen-bond donors (Lipinski definition) is 0. The van der Waals surface area contributed by atoms with Crippen molar-refractivity contribution in [1.29, 1.82) is 0 Å². The monoisotopic (exact) mass is 249 g/mol. The summed E-state index contributed by atoms with van der Waals surface area (Å²) in [6.07, 6.45) is 1.14. The second kappa shape index (κ2) is 4.92. The fraction of sp³-hybridized carbons (Fsp3) is 0.625. The molecule has 0 fully saturated rings. The number of nitrogens with zero attached hydrogens (tertiary/aromatic N) is 1. The van der Waals surface area contributed by atoms with Gasteiger partial charge in [-0.05, 0) is 20.3 Å². The van der Waals surface area contributed by atoms with Crippen LogP contribution in [0.15, 0.2) is 9.64 Å². The average molecular weight is 250 g/mol. The topological polar surface area (TPSA) is 26.0 Å². The number of aromatic nitrogens is 1. The number of halogens is 1. The summed E-state index contributed by atoms with van der Waals surface area (Å²) >= 11 is 5.05. The van der Waals surface area contributed by atoms with Crippen LogP contribution in [0.1, 0.15) is 17.9 Å². The quantitative estimate of drug-likeness (QED) is 0.466. The van der Waals surface area contributed by atoms with Crippen molar-refractivity contribution in [1.82, 2.24) is 4.98 Å². The van der Waals surface area contributed by atoms with Gasteiger partial charge in [0.2, 0.25) is 0 Å². The van der Waals surface area contributed by atoms with E-state index in [1.54, 1.807) is 11.8 Å². The zero-order valence-electron chi connectivity index (χ0n) is 7.26. The Morgan fingerprint density at radius 3 is 2.75 bits per heavy atom. The van der Waals surface area contributed by atoms with E-state index in [9.17, 15) is 0 Å². The van der Waals surface area contributed by atoms with Crippen LogP contribution in [0.2, 0.25) is 0 Å². The molecular formula is C8H12BrNOS. The molecule has 0 spiro atoms. The molecule has 4 heteroatoms. The third-order valence-electron chi connectivity index (χ3n) is 1.51. The molecule has 1 aromatic heterocycles. The molecular weight excluding hydrogens is 238 g/mol. The van der Waals surface area contributed by atoms with Crippen molar-refractivity contribution in [2.24, 2.45) is 0 Å². The first-order valence-corrected chi connectivity index (χ1v) is 5.97. The van der Waals surface area contributed by atoms with E-state index in [0.29, 0.717) is 0 Å². The first-order chi connectivity index (χ1) is 5.74. The normalized spacial score (nSPS) is 10.6. The minimum Gasteiger partial charge on any atom is -0.437 e. The molecule has 0 bridgehead atoms. The Kier molecular flexibility index (Phi) is 4.15. The molecule has 1 heterocycles. The minimum absolute atomic E-state index is 0.797. The van der Waals surface area contributed by atoms with Gasteiger partial charge in [0.1, 0.15) is 5.76 Å². The van der Waals surface area contributed by atoms with Crippen LogP contribution in [0, 0.1) is 13.8 Å². The van der Waals surface area contributed by atoms with Crippen LogP contribution in [0.3, 0.4) is 0 Å². The van der Waals surface area contributed by atoms with Crippen molar-refractivity contribution in [2.75, 3.05) is 11.1 Å². The predicted molar refractivity (Wildman–Crippen MR) is 55.1 cm³/mol. The Morgan fingerprint density at radius 2 is 2.25 bits per heavy atom. The average Bonchev–Trinajstić information content (AvgIpc) is 2.32. The maximum atomic E-state index is 5.40. The van der Waals surface area contributed by atoms with E-state index in [4.69, 9.17) is 4.42 Å².